The van der Waals surface area contributed by atoms with Crippen LogP contribution < -0.4 is 0 Å². The summed E-state index contributed by atoms with van der Waals surface area (Å²) in [6, 6.07) is -0.341. The number of urea groups is 1. The summed E-state index contributed by atoms with van der Waals surface area (Å²) >= 11 is 0. The maximum atomic E-state index is 11.9. The Hall–Kier alpha value is -1.96. The van der Waals surface area contributed by atoms with Crippen molar-refractivity contribution in [3.8, 4) is 0 Å². The van der Waals surface area contributed by atoms with Crippen LogP contribution in [0.5, 0.6) is 0 Å². The zero-order chi connectivity index (χ0) is 16.8. The smallest absolute Gasteiger partial charge is 0.327 e. The Labute approximate surface area is 134 Å². The minimum atomic E-state index is -0.341. The van der Waals surface area contributed by atoms with Crippen molar-refractivity contribution in [2.75, 3.05) is 20.2 Å². The summed E-state index contributed by atoms with van der Waals surface area (Å²) in [5.41, 5.74) is -0.0223. The van der Waals surface area contributed by atoms with Gasteiger partial charge in [0.05, 0.1) is 12.0 Å². The summed E-state index contributed by atoms with van der Waals surface area (Å²) in [5, 5.41) is 4.04. The molecule has 0 aromatic carbocycles. The second kappa shape index (κ2) is 5.59. The Morgan fingerprint density at radius 1 is 1.30 bits per heavy atom. The van der Waals surface area contributed by atoms with Gasteiger partial charge in [-0.05, 0) is 11.8 Å². The zero-order valence-corrected chi connectivity index (χ0v) is 13.9. The minimum absolute atomic E-state index is 0.0166. The fourth-order valence-electron chi connectivity index (χ4n) is 3.15. The molecule has 3 amide bonds. The lowest BCUT2D eigenvalue weighted by molar-refractivity contribution is -0.125. The second-order valence-electron chi connectivity index (χ2n) is 7.22. The van der Waals surface area contributed by atoms with Crippen LogP contribution in [0.3, 0.4) is 0 Å². The third-order valence-corrected chi connectivity index (χ3v) is 4.29. The maximum Gasteiger partial charge on any atom is 0.327 e. The molecule has 3 heterocycles. The van der Waals surface area contributed by atoms with Gasteiger partial charge in [-0.25, -0.2) is 4.79 Å². The average molecular weight is 322 g/mol. The number of hydrogen-bond donors (Lipinski definition) is 0. The van der Waals surface area contributed by atoms with Gasteiger partial charge in [-0.3, -0.25) is 9.69 Å². The number of carbonyl (C=O) groups excluding carboxylic acids is 2. The molecule has 2 saturated heterocycles. The first-order valence-electron chi connectivity index (χ1n) is 7.77. The van der Waals surface area contributed by atoms with Gasteiger partial charge >= 0.3 is 6.03 Å². The summed E-state index contributed by atoms with van der Waals surface area (Å²) in [5.74, 6) is 0.676. The number of carbonyl (C=O) groups is 2. The van der Waals surface area contributed by atoms with Crippen LogP contribution in [0, 0.1) is 5.41 Å². The Morgan fingerprint density at radius 2 is 2.04 bits per heavy atom. The molecule has 0 aliphatic carbocycles. The van der Waals surface area contributed by atoms with Crippen molar-refractivity contribution in [1.82, 2.24) is 19.9 Å². The molecule has 2 atom stereocenters. The van der Waals surface area contributed by atoms with Crippen molar-refractivity contribution >= 4 is 11.9 Å². The number of rotatable bonds is 3. The Morgan fingerprint density at radius 3 is 2.65 bits per heavy atom. The number of ether oxygens (including phenoxy) is 1. The van der Waals surface area contributed by atoms with E-state index in [-0.39, 0.29) is 48.4 Å². The van der Waals surface area contributed by atoms with Gasteiger partial charge in [-0.2, -0.15) is 4.98 Å². The molecule has 0 bridgehead atoms. The van der Waals surface area contributed by atoms with E-state index in [1.165, 1.54) is 4.90 Å². The molecule has 1 aromatic rings. The van der Waals surface area contributed by atoms with Crippen molar-refractivity contribution in [2.24, 2.45) is 5.41 Å². The fourth-order valence-corrected chi connectivity index (χ4v) is 3.15. The normalized spacial score (nSPS) is 25.7. The van der Waals surface area contributed by atoms with Crippen molar-refractivity contribution < 1.29 is 18.8 Å². The SMILES string of the molecule is CN1CC(=O)N(Cc2nc([C@H]3CCO[C@@H]3C(C)(C)C)no2)C1=O. The standard InChI is InChI=1S/C15H22N4O4/c1-15(2,3)12-9(5-6-22-12)13-16-10(23-17-13)7-19-11(20)8-18(4)14(19)21/h9,12H,5-8H2,1-4H3/t9-,12-/m0/s1. The average Bonchev–Trinajstić information content (AvgIpc) is 3.15. The molecule has 0 spiro atoms. The minimum Gasteiger partial charge on any atom is -0.377 e. The van der Waals surface area contributed by atoms with E-state index in [2.05, 4.69) is 30.9 Å². The monoisotopic (exact) mass is 322 g/mol. The Kier molecular flexibility index (Phi) is 3.87. The molecule has 2 fully saturated rings. The number of aromatic nitrogens is 2. The lowest BCUT2D eigenvalue weighted by atomic mass is 9.81. The van der Waals surface area contributed by atoms with Crippen LogP contribution in [0.25, 0.3) is 0 Å². The van der Waals surface area contributed by atoms with E-state index in [9.17, 15) is 9.59 Å². The maximum absolute atomic E-state index is 11.9. The third kappa shape index (κ3) is 2.95. The van der Waals surface area contributed by atoms with E-state index in [0.29, 0.717) is 12.4 Å². The summed E-state index contributed by atoms with van der Waals surface area (Å²) in [4.78, 5) is 30.6. The summed E-state index contributed by atoms with van der Waals surface area (Å²) < 4.78 is 11.1. The lowest BCUT2D eigenvalue weighted by Gasteiger charge is -2.29. The van der Waals surface area contributed by atoms with Gasteiger partial charge in [0.1, 0.15) is 13.1 Å². The molecule has 2 aliphatic rings. The first-order valence-corrected chi connectivity index (χ1v) is 7.77. The summed E-state index contributed by atoms with van der Waals surface area (Å²) in [7, 11) is 1.59. The van der Waals surface area contributed by atoms with Crippen LogP contribution in [-0.2, 0) is 16.1 Å². The Balaban J connectivity index is 1.74. The molecule has 2 aliphatic heterocycles. The predicted molar refractivity (Wildman–Crippen MR) is 79.4 cm³/mol. The second-order valence-corrected chi connectivity index (χ2v) is 7.22. The highest BCUT2D eigenvalue weighted by Gasteiger charge is 2.41. The molecule has 1 aromatic heterocycles. The number of amides is 3. The topological polar surface area (TPSA) is 88.8 Å². The molecule has 0 N–H and O–H groups in total. The van der Waals surface area contributed by atoms with E-state index < -0.39 is 0 Å². The van der Waals surface area contributed by atoms with Crippen molar-refractivity contribution in [1.29, 1.82) is 0 Å². The van der Waals surface area contributed by atoms with E-state index in [1.807, 2.05) is 0 Å². The quantitative estimate of drug-likeness (QED) is 0.781. The summed E-state index contributed by atoms with van der Waals surface area (Å²) in [6.07, 6.45) is 0.861. The highest BCUT2D eigenvalue weighted by molar-refractivity contribution is 6.01. The third-order valence-electron chi connectivity index (χ3n) is 4.29. The van der Waals surface area contributed by atoms with Gasteiger partial charge in [0.2, 0.25) is 5.89 Å². The highest BCUT2D eigenvalue weighted by atomic mass is 16.5. The van der Waals surface area contributed by atoms with Crippen LogP contribution in [0.2, 0.25) is 0 Å². The van der Waals surface area contributed by atoms with Crippen LogP contribution in [0.15, 0.2) is 4.52 Å². The van der Waals surface area contributed by atoms with Gasteiger partial charge in [0.15, 0.2) is 5.82 Å². The molecule has 0 radical (unpaired) electrons. The molecule has 8 heteroatoms. The molecule has 23 heavy (non-hydrogen) atoms. The van der Waals surface area contributed by atoms with Crippen molar-refractivity contribution in [3.05, 3.63) is 11.7 Å². The van der Waals surface area contributed by atoms with Crippen molar-refractivity contribution in [3.63, 3.8) is 0 Å². The Bertz CT molecular complexity index is 621. The van der Waals surface area contributed by atoms with E-state index in [0.717, 1.165) is 11.3 Å². The lowest BCUT2D eigenvalue weighted by Crippen LogP contribution is -2.31. The number of hydrogen-bond acceptors (Lipinski definition) is 6. The largest absolute Gasteiger partial charge is 0.377 e. The highest BCUT2D eigenvalue weighted by Crippen LogP contribution is 2.39. The number of likely N-dealkylation sites (N-methyl/N-ethyl adjacent to an activating group) is 1. The molecular formula is C15H22N4O4. The fraction of sp³-hybridized carbons (Fsp3) is 0.733. The zero-order valence-electron chi connectivity index (χ0n) is 13.9. The molecule has 3 rings (SSSR count). The van der Waals surface area contributed by atoms with E-state index >= 15 is 0 Å². The molecule has 0 unspecified atom stereocenters. The van der Waals surface area contributed by atoms with E-state index in [1.54, 1.807) is 7.05 Å². The van der Waals surface area contributed by atoms with Crippen LogP contribution >= 0.6 is 0 Å². The molecular weight excluding hydrogens is 300 g/mol. The first kappa shape index (κ1) is 15.9. The van der Waals surface area contributed by atoms with Crippen LogP contribution in [0.4, 0.5) is 4.79 Å². The van der Waals surface area contributed by atoms with Gasteiger partial charge in [0, 0.05) is 13.7 Å². The molecule has 8 nitrogen and oxygen atoms in total. The van der Waals surface area contributed by atoms with Gasteiger partial charge < -0.3 is 14.2 Å². The number of imide groups is 1. The van der Waals surface area contributed by atoms with Gasteiger partial charge in [-0.15, -0.1) is 0 Å². The summed E-state index contributed by atoms with van der Waals surface area (Å²) in [6.45, 7) is 7.13. The van der Waals surface area contributed by atoms with Crippen LogP contribution in [0.1, 0.15) is 44.8 Å². The molecule has 126 valence electrons. The van der Waals surface area contributed by atoms with E-state index in [4.69, 9.17) is 9.26 Å². The van der Waals surface area contributed by atoms with Gasteiger partial charge in [0.25, 0.3) is 5.91 Å². The van der Waals surface area contributed by atoms with Crippen molar-refractivity contribution in [2.45, 2.75) is 45.8 Å². The predicted octanol–water partition coefficient (Wildman–Crippen LogP) is 1.38. The first-order chi connectivity index (χ1) is 10.8. The number of nitrogens with zero attached hydrogens (tertiary/aromatic N) is 4. The van der Waals surface area contributed by atoms with Gasteiger partial charge in [-0.1, -0.05) is 25.9 Å². The molecule has 0 saturated carbocycles. The van der Waals surface area contributed by atoms with Crippen LogP contribution in [-0.4, -0.2) is 58.2 Å².